The molecule has 0 aromatic heterocycles. The zero-order valence-corrected chi connectivity index (χ0v) is 16.7. The first-order valence-electron chi connectivity index (χ1n) is 10.1. The highest BCUT2D eigenvalue weighted by Gasteiger charge is 2.34. The molecule has 3 aromatic rings. The molecule has 2 amide bonds. The van der Waals surface area contributed by atoms with E-state index in [0.717, 1.165) is 6.42 Å². The number of para-hydroxylation sites is 3. The second-order valence-electron chi connectivity index (χ2n) is 7.38. The molecule has 0 aliphatic carbocycles. The smallest absolute Gasteiger partial charge is 0.229 e. The van der Waals surface area contributed by atoms with Crippen molar-refractivity contribution in [2.45, 2.75) is 12.8 Å². The van der Waals surface area contributed by atoms with Crippen molar-refractivity contribution in [3.63, 3.8) is 0 Å². The number of carbonyl (C=O) groups excluding carboxylic acids is 2. The van der Waals surface area contributed by atoms with Gasteiger partial charge in [-0.1, -0.05) is 60.7 Å². The Kier molecular flexibility index (Phi) is 6.09. The number of ether oxygens (including phenoxy) is 1. The molecule has 1 N–H and O–H groups in total. The van der Waals surface area contributed by atoms with E-state index in [9.17, 15) is 9.59 Å². The lowest BCUT2D eigenvalue weighted by Gasteiger charge is -2.17. The van der Waals surface area contributed by atoms with Crippen LogP contribution in [0.15, 0.2) is 84.9 Å². The van der Waals surface area contributed by atoms with Crippen molar-refractivity contribution in [2.75, 3.05) is 18.4 Å². The van der Waals surface area contributed by atoms with Gasteiger partial charge >= 0.3 is 0 Å². The van der Waals surface area contributed by atoms with Crippen molar-refractivity contribution in [1.29, 1.82) is 0 Å². The summed E-state index contributed by atoms with van der Waals surface area (Å²) in [5, 5.41) is 2.94. The molecule has 4 rings (SSSR count). The SMILES string of the molecule is O=C(Nc1ccccc1Oc1ccccc1)[C@@H]1CC(=O)N(CCc2ccccc2)C1. The summed E-state index contributed by atoms with van der Waals surface area (Å²) in [7, 11) is 0. The van der Waals surface area contributed by atoms with Gasteiger partial charge in [0.25, 0.3) is 0 Å². The molecule has 3 aromatic carbocycles. The molecule has 1 fully saturated rings. The standard InChI is InChI=1S/C25H24N2O3/c28-24-17-20(18-27(24)16-15-19-9-3-1-4-10-19)25(29)26-22-13-7-8-14-23(22)30-21-11-5-2-6-12-21/h1-14,20H,15-18H2,(H,26,29)/t20-/m1/s1. The number of hydrogen-bond acceptors (Lipinski definition) is 3. The van der Waals surface area contributed by atoms with E-state index in [0.29, 0.717) is 30.3 Å². The highest BCUT2D eigenvalue weighted by molar-refractivity contribution is 5.98. The number of amides is 2. The second kappa shape index (κ2) is 9.27. The van der Waals surface area contributed by atoms with Crippen molar-refractivity contribution in [3.8, 4) is 11.5 Å². The first-order chi connectivity index (χ1) is 14.7. The molecule has 0 spiro atoms. The van der Waals surface area contributed by atoms with Crippen molar-refractivity contribution < 1.29 is 14.3 Å². The van der Waals surface area contributed by atoms with E-state index in [2.05, 4.69) is 17.4 Å². The highest BCUT2D eigenvalue weighted by Crippen LogP contribution is 2.30. The Morgan fingerprint density at radius 3 is 2.37 bits per heavy atom. The van der Waals surface area contributed by atoms with Crippen molar-refractivity contribution in [2.24, 2.45) is 5.92 Å². The molecule has 152 valence electrons. The summed E-state index contributed by atoms with van der Waals surface area (Å²) in [6.45, 7) is 1.07. The fraction of sp³-hybridized carbons (Fsp3) is 0.200. The maximum atomic E-state index is 12.8. The first-order valence-corrected chi connectivity index (χ1v) is 10.1. The third kappa shape index (κ3) is 4.87. The number of nitrogens with one attached hydrogen (secondary N) is 1. The van der Waals surface area contributed by atoms with Gasteiger partial charge in [-0.2, -0.15) is 0 Å². The lowest BCUT2D eigenvalue weighted by atomic mass is 10.1. The van der Waals surface area contributed by atoms with Gasteiger partial charge in [0.2, 0.25) is 11.8 Å². The van der Waals surface area contributed by atoms with Crippen LogP contribution < -0.4 is 10.1 Å². The summed E-state index contributed by atoms with van der Waals surface area (Å²) >= 11 is 0. The van der Waals surface area contributed by atoms with Gasteiger partial charge in [0.15, 0.2) is 5.75 Å². The van der Waals surface area contributed by atoms with Crippen LogP contribution >= 0.6 is 0 Å². The van der Waals surface area contributed by atoms with Crippen LogP contribution in [0.5, 0.6) is 11.5 Å². The number of carbonyl (C=O) groups is 2. The third-order valence-electron chi connectivity index (χ3n) is 5.21. The molecule has 0 unspecified atom stereocenters. The summed E-state index contributed by atoms with van der Waals surface area (Å²) in [5.41, 5.74) is 1.78. The highest BCUT2D eigenvalue weighted by atomic mass is 16.5. The Morgan fingerprint density at radius 1 is 0.933 bits per heavy atom. The van der Waals surface area contributed by atoms with Gasteiger partial charge in [0.05, 0.1) is 11.6 Å². The van der Waals surface area contributed by atoms with Crippen LogP contribution in [0.25, 0.3) is 0 Å². The van der Waals surface area contributed by atoms with Crippen LogP contribution in [-0.4, -0.2) is 29.8 Å². The molecular weight excluding hydrogens is 376 g/mol. The minimum Gasteiger partial charge on any atom is -0.455 e. The molecule has 1 saturated heterocycles. The van der Waals surface area contributed by atoms with Gasteiger partial charge in [-0.05, 0) is 36.2 Å². The molecule has 5 heteroatoms. The average molecular weight is 400 g/mol. The molecule has 1 aliphatic heterocycles. The van der Waals surface area contributed by atoms with Gasteiger partial charge in [0.1, 0.15) is 5.75 Å². The minimum absolute atomic E-state index is 0.0277. The van der Waals surface area contributed by atoms with Crippen molar-refractivity contribution >= 4 is 17.5 Å². The van der Waals surface area contributed by atoms with E-state index in [1.54, 1.807) is 11.0 Å². The van der Waals surface area contributed by atoms with Crippen LogP contribution in [0.1, 0.15) is 12.0 Å². The Morgan fingerprint density at radius 2 is 1.60 bits per heavy atom. The number of rotatable bonds is 7. The summed E-state index contributed by atoms with van der Waals surface area (Å²) < 4.78 is 5.91. The quantitative estimate of drug-likeness (QED) is 0.635. The minimum atomic E-state index is -0.363. The van der Waals surface area contributed by atoms with Gasteiger partial charge < -0.3 is 15.0 Å². The first kappa shape index (κ1) is 19.7. The average Bonchev–Trinajstić information content (AvgIpc) is 3.16. The van der Waals surface area contributed by atoms with Gasteiger partial charge in [-0.3, -0.25) is 9.59 Å². The van der Waals surface area contributed by atoms with Crippen molar-refractivity contribution in [3.05, 3.63) is 90.5 Å². The zero-order chi connectivity index (χ0) is 20.8. The van der Waals surface area contributed by atoms with E-state index in [4.69, 9.17) is 4.74 Å². The molecule has 0 radical (unpaired) electrons. The van der Waals surface area contributed by atoms with E-state index in [1.165, 1.54) is 5.56 Å². The van der Waals surface area contributed by atoms with Gasteiger partial charge in [-0.25, -0.2) is 0 Å². The summed E-state index contributed by atoms with van der Waals surface area (Å²) in [5.74, 6) is 0.775. The number of hydrogen-bond donors (Lipinski definition) is 1. The van der Waals surface area contributed by atoms with Crippen LogP contribution in [0.4, 0.5) is 5.69 Å². The molecule has 5 nitrogen and oxygen atoms in total. The fourth-order valence-electron chi connectivity index (χ4n) is 3.58. The predicted octanol–water partition coefficient (Wildman–Crippen LogP) is 4.51. The largest absolute Gasteiger partial charge is 0.455 e. The Bertz CT molecular complexity index is 1010. The molecular formula is C25H24N2O3. The van der Waals surface area contributed by atoms with Crippen LogP contribution in [0.2, 0.25) is 0 Å². The van der Waals surface area contributed by atoms with E-state index >= 15 is 0 Å². The van der Waals surface area contributed by atoms with Crippen LogP contribution in [-0.2, 0) is 16.0 Å². The van der Waals surface area contributed by atoms with E-state index < -0.39 is 0 Å². The summed E-state index contributed by atoms with van der Waals surface area (Å²) in [4.78, 5) is 27.0. The normalized spacial score (nSPS) is 15.8. The number of nitrogens with zero attached hydrogens (tertiary/aromatic N) is 1. The van der Waals surface area contributed by atoms with Crippen LogP contribution in [0.3, 0.4) is 0 Å². The maximum absolute atomic E-state index is 12.8. The lowest BCUT2D eigenvalue weighted by molar-refractivity contribution is -0.128. The molecule has 1 atom stereocenters. The second-order valence-corrected chi connectivity index (χ2v) is 7.38. The molecule has 1 heterocycles. The number of benzene rings is 3. The van der Waals surface area contributed by atoms with Gasteiger partial charge in [0, 0.05) is 19.5 Å². The van der Waals surface area contributed by atoms with Crippen LogP contribution in [0, 0.1) is 5.92 Å². The molecule has 0 bridgehead atoms. The maximum Gasteiger partial charge on any atom is 0.229 e. The Balaban J connectivity index is 1.37. The molecule has 1 aliphatic rings. The fourth-order valence-corrected chi connectivity index (χ4v) is 3.58. The Labute approximate surface area is 176 Å². The number of anilines is 1. The topological polar surface area (TPSA) is 58.6 Å². The monoisotopic (exact) mass is 400 g/mol. The third-order valence-corrected chi connectivity index (χ3v) is 5.21. The zero-order valence-electron chi connectivity index (χ0n) is 16.7. The van der Waals surface area contributed by atoms with Crippen molar-refractivity contribution in [1.82, 2.24) is 4.90 Å². The van der Waals surface area contributed by atoms with E-state index in [1.807, 2.05) is 66.7 Å². The lowest BCUT2D eigenvalue weighted by Crippen LogP contribution is -2.30. The summed E-state index contributed by atoms with van der Waals surface area (Å²) in [6, 6.07) is 26.8. The summed E-state index contributed by atoms with van der Waals surface area (Å²) in [6.07, 6.45) is 1.02. The van der Waals surface area contributed by atoms with E-state index in [-0.39, 0.29) is 24.2 Å². The van der Waals surface area contributed by atoms with Gasteiger partial charge in [-0.15, -0.1) is 0 Å². The predicted molar refractivity (Wildman–Crippen MR) is 116 cm³/mol. The number of likely N-dealkylation sites (tertiary alicyclic amines) is 1. The Hall–Kier alpha value is -3.60. The molecule has 0 saturated carbocycles. The molecule has 30 heavy (non-hydrogen) atoms.